The Labute approximate surface area is 169 Å². The van der Waals surface area contributed by atoms with Gasteiger partial charge in [0.15, 0.2) is 0 Å². The van der Waals surface area contributed by atoms with Crippen LogP contribution in [0.25, 0.3) is 0 Å². The zero-order chi connectivity index (χ0) is 20.2. The van der Waals surface area contributed by atoms with E-state index in [0.29, 0.717) is 0 Å². The summed E-state index contributed by atoms with van der Waals surface area (Å²) in [6, 6.07) is 27.6. The van der Waals surface area contributed by atoms with Crippen molar-refractivity contribution in [2.45, 2.75) is 25.3 Å². The van der Waals surface area contributed by atoms with Crippen molar-refractivity contribution in [3.8, 4) is 5.75 Å². The van der Waals surface area contributed by atoms with Gasteiger partial charge in [-0.25, -0.2) is 0 Å². The molecule has 0 heterocycles. The molecule has 0 saturated carbocycles. The van der Waals surface area contributed by atoms with Gasteiger partial charge in [0, 0.05) is 16.3 Å². The maximum atomic E-state index is 14.5. The van der Waals surface area contributed by atoms with E-state index >= 15 is 0 Å². The number of hydrogen-bond acceptors (Lipinski definition) is 2. The Morgan fingerprint density at radius 3 is 1.64 bits per heavy atom. The normalized spacial score (nSPS) is 13.1. The van der Waals surface area contributed by atoms with Gasteiger partial charge in [0.05, 0.1) is 15.2 Å². The van der Waals surface area contributed by atoms with Crippen LogP contribution in [0, 0.1) is 0 Å². The second-order valence-electron chi connectivity index (χ2n) is 7.98. The highest BCUT2D eigenvalue weighted by Gasteiger charge is 2.36. The first-order valence-electron chi connectivity index (χ1n) is 9.47. The van der Waals surface area contributed by atoms with Crippen LogP contribution in [-0.4, -0.2) is 15.2 Å². The molecule has 0 saturated heterocycles. The highest BCUT2D eigenvalue weighted by Crippen LogP contribution is 2.44. The summed E-state index contributed by atoms with van der Waals surface area (Å²) >= 11 is 0. The van der Waals surface area contributed by atoms with E-state index in [1.54, 1.807) is 7.11 Å². The number of methoxy groups -OCH3 is 1. The molecule has 0 radical (unpaired) electrons. The molecule has 3 nitrogen and oxygen atoms in total. The van der Waals surface area contributed by atoms with Crippen LogP contribution < -0.4 is 20.4 Å². The van der Waals surface area contributed by atoms with Crippen LogP contribution >= 0.6 is 7.29 Å². The highest BCUT2D eigenvalue weighted by molar-refractivity contribution is 7.77. The fourth-order valence-electron chi connectivity index (χ4n) is 3.32. The smallest absolute Gasteiger partial charge is 0.204 e. The molecule has 0 spiro atoms. The lowest BCUT2D eigenvalue weighted by molar-refractivity contribution is 0.414. The summed E-state index contributed by atoms with van der Waals surface area (Å²) in [7, 11) is -3.09. The summed E-state index contributed by atoms with van der Waals surface area (Å²) in [6.07, 6.45) is 0. The molecule has 3 rings (SSSR count). The minimum Gasteiger partial charge on any atom is -0.497 e. The molecule has 0 fully saturated rings. The summed E-state index contributed by atoms with van der Waals surface area (Å²) in [5.74, 6) is 0.826. The third-order valence-corrected chi connectivity index (χ3v) is 9.99. The van der Waals surface area contributed by atoms with Crippen LogP contribution in [0.2, 0.25) is 19.6 Å². The van der Waals surface area contributed by atoms with Gasteiger partial charge in [-0.05, 0) is 42.0 Å². The number of rotatable bonds is 7. The van der Waals surface area contributed by atoms with Crippen LogP contribution in [0.15, 0.2) is 84.9 Å². The maximum absolute atomic E-state index is 14.5. The summed E-state index contributed by atoms with van der Waals surface area (Å²) in [4.78, 5) is 0. The van der Waals surface area contributed by atoms with E-state index < -0.39 is 15.4 Å². The number of benzene rings is 3. The molecule has 1 unspecified atom stereocenters. The minimum atomic E-state index is -3.01. The quantitative estimate of drug-likeness (QED) is 0.434. The Kier molecular flexibility index (Phi) is 6.24. The average Bonchev–Trinajstić information content (AvgIpc) is 2.72. The third kappa shape index (κ3) is 4.47. The molecule has 3 aromatic carbocycles. The van der Waals surface area contributed by atoms with Crippen LogP contribution in [0.1, 0.15) is 11.2 Å². The molecule has 0 aliphatic heterocycles. The molecule has 0 aliphatic carbocycles. The molecule has 0 aromatic heterocycles. The molecular formula is C23H28NO2PSi. The molecule has 1 N–H and O–H groups in total. The predicted octanol–water partition coefficient (Wildman–Crippen LogP) is 5.13. The Balaban J connectivity index is 2.09. The Morgan fingerprint density at radius 2 is 1.25 bits per heavy atom. The lowest BCUT2D eigenvalue weighted by Gasteiger charge is -2.34. The summed E-state index contributed by atoms with van der Waals surface area (Å²) < 4.78 is 19.8. The van der Waals surface area contributed by atoms with Crippen molar-refractivity contribution < 1.29 is 9.30 Å². The van der Waals surface area contributed by atoms with E-state index in [0.717, 1.165) is 21.9 Å². The van der Waals surface area contributed by atoms with Gasteiger partial charge in [-0.2, -0.15) is 0 Å². The van der Waals surface area contributed by atoms with Crippen molar-refractivity contribution in [1.82, 2.24) is 5.09 Å². The lowest BCUT2D eigenvalue weighted by Crippen LogP contribution is -2.43. The average molecular weight is 410 g/mol. The van der Waals surface area contributed by atoms with Crippen molar-refractivity contribution in [2.75, 3.05) is 7.11 Å². The molecule has 1 atom stereocenters. The lowest BCUT2D eigenvalue weighted by atomic mass is 10.2. The Morgan fingerprint density at radius 1 is 0.786 bits per heavy atom. The number of nitrogens with one attached hydrogen (secondary N) is 1. The van der Waals surface area contributed by atoms with E-state index in [9.17, 15) is 4.57 Å². The van der Waals surface area contributed by atoms with Crippen LogP contribution in [0.3, 0.4) is 0 Å². The van der Waals surface area contributed by atoms with Crippen molar-refractivity contribution in [2.24, 2.45) is 0 Å². The first-order valence-corrected chi connectivity index (χ1v) is 14.8. The fraction of sp³-hybridized carbons (Fsp3) is 0.217. The SMILES string of the molecule is COc1ccc(C(NP(=O)(c2ccccc2)c2ccccc2)[Si](C)(C)C)cc1. The van der Waals surface area contributed by atoms with Gasteiger partial charge >= 0.3 is 0 Å². The molecule has 0 bridgehead atoms. The monoisotopic (exact) mass is 409 g/mol. The highest BCUT2D eigenvalue weighted by atomic mass is 31.2. The number of ether oxygens (including phenoxy) is 1. The minimum absolute atomic E-state index is 0.0321. The van der Waals surface area contributed by atoms with E-state index in [1.807, 2.05) is 72.8 Å². The molecule has 146 valence electrons. The largest absolute Gasteiger partial charge is 0.497 e. The third-order valence-electron chi connectivity index (χ3n) is 4.87. The zero-order valence-electron chi connectivity index (χ0n) is 16.9. The molecule has 3 aromatic rings. The van der Waals surface area contributed by atoms with Gasteiger partial charge in [0.1, 0.15) is 5.75 Å². The van der Waals surface area contributed by atoms with E-state index in [4.69, 9.17) is 4.74 Å². The Bertz CT molecular complexity index is 894. The van der Waals surface area contributed by atoms with E-state index in [-0.39, 0.29) is 5.67 Å². The molecular weight excluding hydrogens is 381 g/mol. The van der Waals surface area contributed by atoms with E-state index in [1.165, 1.54) is 0 Å². The van der Waals surface area contributed by atoms with Crippen LogP contribution in [0.4, 0.5) is 0 Å². The van der Waals surface area contributed by atoms with Gasteiger partial charge in [-0.3, -0.25) is 9.65 Å². The van der Waals surface area contributed by atoms with Crippen molar-refractivity contribution in [3.05, 3.63) is 90.5 Å². The second kappa shape index (κ2) is 8.48. The van der Waals surface area contributed by atoms with Crippen molar-refractivity contribution in [1.29, 1.82) is 0 Å². The van der Waals surface area contributed by atoms with Crippen molar-refractivity contribution >= 4 is 26.0 Å². The summed E-state index contributed by atoms with van der Waals surface area (Å²) in [5.41, 5.74) is 1.18. The zero-order valence-corrected chi connectivity index (χ0v) is 18.8. The molecule has 0 amide bonds. The summed E-state index contributed by atoms with van der Waals surface area (Å²) in [6.45, 7) is 6.90. The van der Waals surface area contributed by atoms with Crippen LogP contribution in [-0.2, 0) is 4.57 Å². The molecule has 0 aliphatic rings. The fourth-order valence-corrected chi connectivity index (χ4v) is 8.90. The predicted molar refractivity (Wildman–Crippen MR) is 122 cm³/mol. The Hall–Kier alpha value is -2.13. The van der Waals surface area contributed by atoms with E-state index in [2.05, 4.69) is 36.9 Å². The van der Waals surface area contributed by atoms with Gasteiger partial charge in [-0.15, -0.1) is 0 Å². The second-order valence-corrected chi connectivity index (χ2v) is 15.8. The van der Waals surface area contributed by atoms with Gasteiger partial charge < -0.3 is 4.74 Å². The molecule has 28 heavy (non-hydrogen) atoms. The maximum Gasteiger partial charge on any atom is 0.204 e. The first-order chi connectivity index (χ1) is 13.3. The standard InChI is InChI=1S/C23H28NO2PSi/c1-26-20-17-15-19(16-18-20)23(28(2,3)4)24-27(25,21-11-7-5-8-12-21)22-13-9-6-10-14-22/h5-18,23H,1-4H3,(H,24,25). The van der Waals surface area contributed by atoms with Crippen molar-refractivity contribution in [3.63, 3.8) is 0 Å². The first kappa shape index (κ1) is 20.6. The molecule has 5 heteroatoms. The number of hydrogen-bond donors (Lipinski definition) is 1. The topological polar surface area (TPSA) is 38.3 Å². The van der Waals surface area contributed by atoms with Gasteiger partial charge in [0.25, 0.3) is 0 Å². The van der Waals surface area contributed by atoms with Crippen LogP contribution in [0.5, 0.6) is 5.75 Å². The van der Waals surface area contributed by atoms with Gasteiger partial charge in [0.2, 0.25) is 7.29 Å². The summed E-state index contributed by atoms with van der Waals surface area (Å²) in [5, 5.41) is 5.30. The van der Waals surface area contributed by atoms with Gasteiger partial charge in [-0.1, -0.05) is 68.2 Å².